The maximum absolute atomic E-state index is 3.62. The molecule has 1 N–H and O–H groups in total. The summed E-state index contributed by atoms with van der Waals surface area (Å²) in [5, 5.41) is 5.82. The molecule has 1 aliphatic carbocycles. The lowest BCUT2D eigenvalue weighted by Gasteiger charge is -2.54. The minimum absolute atomic E-state index is 0.473. The monoisotopic (exact) mass is 223 g/mol. The summed E-state index contributed by atoms with van der Waals surface area (Å²) in [6, 6.07) is 5.20. The smallest absolute Gasteiger partial charge is 0.0133 e. The van der Waals surface area contributed by atoms with Gasteiger partial charge in [-0.25, -0.2) is 0 Å². The molecule has 1 saturated carbocycles. The highest BCUT2D eigenvalue weighted by Crippen LogP contribution is 2.55. The standard InChI is InChI=1S/C13H21NS/c1-4-13(3)10(9-12(13)14-5-2)11-7-6-8-15-11/h6-8,10,12,14H,4-5,9H2,1-3H3. The molecular weight excluding hydrogens is 202 g/mol. The Balaban J connectivity index is 2.11. The minimum Gasteiger partial charge on any atom is -0.314 e. The van der Waals surface area contributed by atoms with Gasteiger partial charge in [0.1, 0.15) is 0 Å². The quantitative estimate of drug-likeness (QED) is 0.822. The third-order valence-electron chi connectivity index (χ3n) is 4.16. The molecule has 0 aromatic carbocycles. The molecular formula is C13H21NS. The molecule has 1 heterocycles. The van der Waals surface area contributed by atoms with Crippen LogP contribution in [-0.2, 0) is 0 Å². The van der Waals surface area contributed by atoms with Gasteiger partial charge in [-0.05, 0) is 36.2 Å². The molecule has 1 aromatic rings. The Hall–Kier alpha value is -0.340. The van der Waals surface area contributed by atoms with E-state index < -0.39 is 0 Å². The minimum atomic E-state index is 0.473. The first-order chi connectivity index (χ1) is 7.22. The highest BCUT2D eigenvalue weighted by atomic mass is 32.1. The zero-order chi connectivity index (χ0) is 10.9. The summed E-state index contributed by atoms with van der Waals surface area (Å²) < 4.78 is 0. The van der Waals surface area contributed by atoms with Crippen LogP contribution >= 0.6 is 11.3 Å². The van der Waals surface area contributed by atoms with Crippen molar-refractivity contribution in [1.82, 2.24) is 5.32 Å². The Kier molecular flexibility index (Phi) is 3.17. The number of hydrogen-bond donors (Lipinski definition) is 1. The molecule has 2 heteroatoms. The number of thiophene rings is 1. The van der Waals surface area contributed by atoms with Crippen molar-refractivity contribution >= 4 is 11.3 Å². The zero-order valence-corrected chi connectivity index (χ0v) is 10.7. The van der Waals surface area contributed by atoms with E-state index >= 15 is 0 Å². The van der Waals surface area contributed by atoms with Crippen LogP contribution in [0.4, 0.5) is 0 Å². The molecule has 0 bridgehead atoms. The van der Waals surface area contributed by atoms with Crippen LogP contribution in [0, 0.1) is 5.41 Å². The van der Waals surface area contributed by atoms with Crippen LogP contribution in [0.15, 0.2) is 17.5 Å². The first kappa shape index (κ1) is 11.2. The lowest BCUT2D eigenvalue weighted by atomic mass is 9.55. The predicted molar refractivity (Wildman–Crippen MR) is 67.5 cm³/mol. The van der Waals surface area contributed by atoms with Crippen LogP contribution in [0.3, 0.4) is 0 Å². The largest absolute Gasteiger partial charge is 0.314 e. The van der Waals surface area contributed by atoms with Gasteiger partial charge in [-0.2, -0.15) is 0 Å². The maximum Gasteiger partial charge on any atom is 0.0133 e. The second-order valence-corrected chi connectivity index (χ2v) is 5.75. The molecule has 84 valence electrons. The van der Waals surface area contributed by atoms with Crippen molar-refractivity contribution in [2.24, 2.45) is 5.41 Å². The lowest BCUT2D eigenvalue weighted by molar-refractivity contribution is 0.0475. The molecule has 0 amide bonds. The lowest BCUT2D eigenvalue weighted by Crippen LogP contribution is -2.56. The van der Waals surface area contributed by atoms with Crippen LogP contribution in [-0.4, -0.2) is 12.6 Å². The Bertz CT molecular complexity index is 306. The predicted octanol–water partition coefficient (Wildman–Crippen LogP) is 3.63. The second-order valence-electron chi connectivity index (χ2n) is 4.77. The molecule has 1 fully saturated rings. The SMILES string of the molecule is CCNC1CC(c2cccs2)C1(C)CC. The fourth-order valence-electron chi connectivity index (χ4n) is 2.84. The third kappa shape index (κ3) is 1.74. The summed E-state index contributed by atoms with van der Waals surface area (Å²) in [5.74, 6) is 0.784. The molecule has 0 spiro atoms. The molecule has 0 saturated heterocycles. The molecule has 0 radical (unpaired) electrons. The molecule has 1 nitrogen and oxygen atoms in total. The van der Waals surface area contributed by atoms with Crippen molar-refractivity contribution in [3.05, 3.63) is 22.4 Å². The van der Waals surface area contributed by atoms with Crippen molar-refractivity contribution < 1.29 is 0 Å². The van der Waals surface area contributed by atoms with Gasteiger partial charge in [0.05, 0.1) is 0 Å². The van der Waals surface area contributed by atoms with Crippen LogP contribution < -0.4 is 5.32 Å². The molecule has 15 heavy (non-hydrogen) atoms. The van der Waals surface area contributed by atoms with Gasteiger partial charge in [-0.1, -0.05) is 26.8 Å². The summed E-state index contributed by atoms with van der Waals surface area (Å²) in [6.45, 7) is 8.06. The third-order valence-corrected chi connectivity index (χ3v) is 5.15. The van der Waals surface area contributed by atoms with E-state index in [0.29, 0.717) is 5.41 Å². The maximum atomic E-state index is 3.62. The van der Waals surface area contributed by atoms with E-state index in [2.05, 4.69) is 43.6 Å². The van der Waals surface area contributed by atoms with Crippen molar-refractivity contribution in [1.29, 1.82) is 0 Å². The number of rotatable bonds is 4. The van der Waals surface area contributed by atoms with Gasteiger partial charge in [0.25, 0.3) is 0 Å². The van der Waals surface area contributed by atoms with Crippen molar-refractivity contribution in [3.63, 3.8) is 0 Å². The van der Waals surface area contributed by atoms with E-state index in [4.69, 9.17) is 0 Å². The first-order valence-corrected chi connectivity index (χ1v) is 6.87. The Labute approximate surface area is 96.9 Å². The van der Waals surface area contributed by atoms with Gasteiger partial charge in [-0.3, -0.25) is 0 Å². The Morgan fingerprint density at radius 3 is 2.87 bits per heavy atom. The fraction of sp³-hybridized carbons (Fsp3) is 0.692. The van der Waals surface area contributed by atoms with E-state index in [0.717, 1.165) is 18.5 Å². The van der Waals surface area contributed by atoms with Gasteiger partial charge in [0.2, 0.25) is 0 Å². The van der Waals surface area contributed by atoms with Crippen LogP contribution in [0.5, 0.6) is 0 Å². The highest BCUT2D eigenvalue weighted by Gasteiger charge is 2.50. The normalized spacial score (nSPS) is 35.1. The molecule has 0 aliphatic heterocycles. The average molecular weight is 223 g/mol. The van der Waals surface area contributed by atoms with Gasteiger partial charge in [0, 0.05) is 16.8 Å². The zero-order valence-electron chi connectivity index (χ0n) is 9.92. The highest BCUT2D eigenvalue weighted by molar-refractivity contribution is 7.10. The van der Waals surface area contributed by atoms with E-state index in [9.17, 15) is 0 Å². The number of hydrogen-bond acceptors (Lipinski definition) is 2. The van der Waals surface area contributed by atoms with Gasteiger partial charge < -0.3 is 5.32 Å². The molecule has 3 unspecified atom stereocenters. The topological polar surface area (TPSA) is 12.0 Å². The molecule has 1 aromatic heterocycles. The van der Waals surface area contributed by atoms with Crippen LogP contribution in [0.1, 0.15) is 44.4 Å². The summed E-state index contributed by atoms with van der Waals surface area (Å²) >= 11 is 1.92. The Morgan fingerprint density at radius 1 is 1.53 bits per heavy atom. The van der Waals surface area contributed by atoms with Crippen LogP contribution in [0.2, 0.25) is 0 Å². The van der Waals surface area contributed by atoms with Crippen molar-refractivity contribution in [2.75, 3.05) is 6.54 Å². The second kappa shape index (κ2) is 4.26. The van der Waals surface area contributed by atoms with Gasteiger partial charge in [-0.15, -0.1) is 11.3 Å². The van der Waals surface area contributed by atoms with E-state index in [-0.39, 0.29) is 0 Å². The Morgan fingerprint density at radius 2 is 2.33 bits per heavy atom. The van der Waals surface area contributed by atoms with Crippen molar-refractivity contribution in [2.45, 2.75) is 45.6 Å². The molecule has 1 aliphatic rings. The summed E-state index contributed by atoms with van der Waals surface area (Å²) in [7, 11) is 0. The summed E-state index contributed by atoms with van der Waals surface area (Å²) in [5.41, 5.74) is 0.473. The van der Waals surface area contributed by atoms with Gasteiger partial charge in [0.15, 0.2) is 0 Å². The molecule has 2 rings (SSSR count). The van der Waals surface area contributed by atoms with E-state index in [1.165, 1.54) is 12.8 Å². The van der Waals surface area contributed by atoms with Crippen LogP contribution in [0.25, 0.3) is 0 Å². The summed E-state index contributed by atoms with van der Waals surface area (Å²) in [4.78, 5) is 1.58. The first-order valence-electron chi connectivity index (χ1n) is 5.99. The van der Waals surface area contributed by atoms with E-state index in [1.807, 2.05) is 11.3 Å². The average Bonchev–Trinajstić information content (AvgIpc) is 2.75. The van der Waals surface area contributed by atoms with Gasteiger partial charge >= 0.3 is 0 Å². The van der Waals surface area contributed by atoms with E-state index in [1.54, 1.807) is 4.88 Å². The van der Waals surface area contributed by atoms with Crippen molar-refractivity contribution in [3.8, 4) is 0 Å². The summed E-state index contributed by atoms with van der Waals surface area (Å²) in [6.07, 6.45) is 2.59. The molecule has 3 atom stereocenters. The fourth-order valence-corrected chi connectivity index (χ4v) is 3.84. The number of nitrogens with one attached hydrogen (secondary N) is 1.